The number of anilines is 1. The first-order valence-electron chi connectivity index (χ1n) is 6.85. The number of pyridine rings is 1. The molecule has 0 bridgehead atoms. The standard InChI is InChI=1S/C15H24N2/c1-5-6-7-8-14-12(3)11(2)13-9-10-17(4)15(13)16-14/h5-10H2,1-4H3. The predicted octanol–water partition coefficient (Wildman–Crippen LogP) is 3.42. The minimum Gasteiger partial charge on any atom is -0.359 e. The van der Waals surface area contributed by atoms with Crippen LogP contribution in [0.3, 0.4) is 0 Å². The molecule has 0 saturated carbocycles. The maximum Gasteiger partial charge on any atom is 0.132 e. The molecule has 2 nitrogen and oxygen atoms in total. The van der Waals surface area contributed by atoms with Gasteiger partial charge in [-0.1, -0.05) is 19.8 Å². The monoisotopic (exact) mass is 232 g/mol. The van der Waals surface area contributed by atoms with Gasteiger partial charge in [-0.2, -0.15) is 0 Å². The second-order valence-corrected chi connectivity index (χ2v) is 5.24. The van der Waals surface area contributed by atoms with Crippen molar-refractivity contribution >= 4 is 5.82 Å². The lowest BCUT2D eigenvalue weighted by Gasteiger charge is -2.16. The Morgan fingerprint density at radius 1 is 1.18 bits per heavy atom. The van der Waals surface area contributed by atoms with Gasteiger partial charge in [0.2, 0.25) is 0 Å². The van der Waals surface area contributed by atoms with E-state index >= 15 is 0 Å². The van der Waals surface area contributed by atoms with Crippen molar-refractivity contribution in [1.29, 1.82) is 0 Å². The van der Waals surface area contributed by atoms with Gasteiger partial charge in [0.15, 0.2) is 0 Å². The first kappa shape index (κ1) is 12.4. The van der Waals surface area contributed by atoms with Gasteiger partial charge in [-0.3, -0.25) is 0 Å². The van der Waals surface area contributed by atoms with Crippen LogP contribution in [-0.2, 0) is 12.8 Å². The average Bonchev–Trinajstić information content (AvgIpc) is 2.68. The van der Waals surface area contributed by atoms with E-state index in [2.05, 4.69) is 32.7 Å². The Balaban J connectivity index is 2.28. The van der Waals surface area contributed by atoms with Crippen molar-refractivity contribution in [2.75, 3.05) is 18.5 Å². The maximum atomic E-state index is 4.89. The SMILES string of the molecule is CCCCCc1nc2c(c(C)c1C)CCN2C. The van der Waals surface area contributed by atoms with Gasteiger partial charge in [0.25, 0.3) is 0 Å². The Bertz CT molecular complexity index is 410. The Hall–Kier alpha value is -1.05. The van der Waals surface area contributed by atoms with Crippen molar-refractivity contribution in [2.45, 2.75) is 52.9 Å². The topological polar surface area (TPSA) is 16.1 Å². The quantitative estimate of drug-likeness (QED) is 0.739. The van der Waals surface area contributed by atoms with Crippen LogP contribution in [0.2, 0.25) is 0 Å². The Kier molecular flexibility index (Phi) is 3.70. The summed E-state index contributed by atoms with van der Waals surface area (Å²) in [5.74, 6) is 1.24. The zero-order chi connectivity index (χ0) is 12.4. The van der Waals surface area contributed by atoms with E-state index in [4.69, 9.17) is 4.98 Å². The van der Waals surface area contributed by atoms with Crippen molar-refractivity contribution in [2.24, 2.45) is 0 Å². The van der Waals surface area contributed by atoms with Gasteiger partial charge in [-0.05, 0) is 49.8 Å². The van der Waals surface area contributed by atoms with E-state index in [-0.39, 0.29) is 0 Å². The van der Waals surface area contributed by atoms with Gasteiger partial charge >= 0.3 is 0 Å². The van der Waals surface area contributed by atoms with E-state index < -0.39 is 0 Å². The van der Waals surface area contributed by atoms with Crippen LogP contribution < -0.4 is 4.90 Å². The molecule has 94 valence electrons. The normalized spacial score (nSPS) is 14.2. The smallest absolute Gasteiger partial charge is 0.132 e. The maximum absolute atomic E-state index is 4.89. The fourth-order valence-corrected chi connectivity index (χ4v) is 2.68. The molecule has 17 heavy (non-hydrogen) atoms. The molecule has 0 atom stereocenters. The third-order valence-electron chi connectivity index (χ3n) is 4.03. The van der Waals surface area contributed by atoms with Crippen molar-refractivity contribution in [3.05, 3.63) is 22.4 Å². The summed E-state index contributed by atoms with van der Waals surface area (Å²) in [6.07, 6.45) is 6.17. The third kappa shape index (κ3) is 2.31. The van der Waals surface area contributed by atoms with E-state index in [0.717, 1.165) is 13.0 Å². The molecule has 0 fully saturated rings. The average molecular weight is 232 g/mol. The van der Waals surface area contributed by atoms with E-state index in [1.54, 1.807) is 0 Å². The molecule has 0 N–H and O–H groups in total. The summed E-state index contributed by atoms with van der Waals surface area (Å²) in [5, 5.41) is 0. The lowest BCUT2D eigenvalue weighted by Crippen LogP contribution is -2.14. The van der Waals surface area contributed by atoms with Crippen LogP contribution in [0.25, 0.3) is 0 Å². The molecule has 1 aliphatic rings. The van der Waals surface area contributed by atoms with Crippen LogP contribution in [0.1, 0.15) is 48.6 Å². The number of aromatic nitrogens is 1. The molecule has 0 saturated heterocycles. The van der Waals surface area contributed by atoms with Crippen molar-refractivity contribution in [1.82, 2.24) is 4.98 Å². The number of hydrogen-bond donors (Lipinski definition) is 0. The van der Waals surface area contributed by atoms with Gasteiger partial charge in [-0.15, -0.1) is 0 Å². The Morgan fingerprint density at radius 3 is 2.65 bits per heavy atom. The fraction of sp³-hybridized carbons (Fsp3) is 0.667. The number of rotatable bonds is 4. The summed E-state index contributed by atoms with van der Waals surface area (Å²) >= 11 is 0. The molecule has 2 heteroatoms. The summed E-state index contributed by atoms with van der Waals surface area (Å²) < 4.78 is 0. The first-order chi connectivity index (χ1) is 8.15. The van der Waals surface area contributed by atoms with E-state index in [1.165, 1.54) is 53.9 Å². The number of likely N-dealkylation sites (N-methyl/N-ethyl adjacent to an activating group) is 1. The van der Waals surface area contributed by atoms with Crippen LogP contribution in [-0.4, -0.2) is 18.6 Å². The summed E-state index contributed by atoms with van der Waals surface area (Å²) in [7, 11) is 2.16. The van der Waals surface area contributed by atoms with Crippen LogP contribution in [0.4, 0.5) is 5.82 Å². The molecule has 0 amide bonds. The zero-order valence-corrected chi connectivity index (χ0v) is 11.6. The summed E-state index contributed by atoms with van der Waals surface area (Å²) in [6.45, 7) is 7.88. The lowest BCUT2D eigenvalue weighted by molar-refractivity contribution is 0.703. The molecule has 0 unspecified atom stereocenters. The minimum absolute atomic E-state index is 1.13. The third-order valence-corrected chi connectivity index (χ3v) is 4.03. The van der Waals surface area contributed by atoms with Crippen LogP contribution in [0.5, 0.6) is 0 Å². The van der Waals surface area contributed by atoms with Crippen molar-refractivity contribution in [3.63, 3.8) is 0 Å². The molecular formula is C15H24N2. The van der Waals surface area contributed by atoms with Crippen molar-refractivity contribution < 1.29 is 0 Å². The molecule has 1 aliphatic heterocycles. The summed E-state index contributed by atoms with van der Waals surface area (Å²) in [5.41, 5.74) is 5.70. The molecule has 0 aromatic carbocycles. The molecule has 1 aromatic rings. The summed E-state index contributed by atoms with van der Waals surface area (Å²) in [4.78, 5) is 7.19. The second kappa shape index (κ2) is 5.07. The van der Waals surface area contributed by atoms with E-state index in [1.807, 2.05) is 0 Å². The van der Waals surface area contributed by atoms with Crippen LogP contribution >= 0.6 is 0 Å². The van der Waals surface area contributed by atoms with Crippen LogP contribution in [0.15, 0.2) is 0 Å². The summed E-state index contributed by atoms with van der Waals surface area (Å²) in [6, 6.07) is 0. The number of hydrogen-bond acceptors (Lipinski definition) is 2. The Morgan fingerprint density at radius 2 is 1.94 bits per heavy atom. The van der Waals surface area contributed by atoms with Gasteiger partial charge in [-0.25, -0.2) is 4.98 Å². The van der Waals surface area contributed by atoms with E-state index in [0.29, 0.717) is 0 Å². The van der Waals surface area contributed by atoms with Gasteiger partial charge in [0, 0.05) is 19.3 Å². The Labute approximate surface area is 105 Å². The van der Waals surface area contributed by atoms with Crippen molar-refractivity contribution in [3.8, 4) is 0 Å². The molecule has 1 aromatic heterocycles. The molecule has 0 aliphatic carbocycles. The number of fused-ring (bicyclic) bond motifs is 1. The van der Waals surface area contributed by atoms with Crippen LogP contribution in [0, 0.1) is 13.8 Å². The molecule has 2 heterocycles. The fourth-order valence-electron chi connectivity index (χ4n) is 2.68. The van der Waals surface area contributed by atoms with Gasteiger partial charge in [0.1, 0.15) is 5.82 Å². The highest BCUT2D eigenvalue weighted by Gasteiger charge is 2.21. The number of aryl methyl sites for hydroxylation is 1. The lowest BCUT2D eigenvalue weighted by atomic mass is 9.99. The highest BCUT2D eigenvalue weighted by Crippen LogP contribution is 2.31. The van der Waals surface area contributed by atoms with E-state index in [9.17, 15) is 0 Å². The van der Waals surface area contributed by atoms with Gasteiger partial charge in [0.05, 0.1) is 0 Å². The predicted molar refractivity (Wildman–Crippen MR) is 73.9 cm³/mol. The number of nitrogens with zero attached hydrogens (tertiary/aromatic N) is 2. The number of unbranched alkanes of at least 4 members (excludes halogenated alkanes) is 2. The molecule has 0 spiro atoms. The highest BCUT2D eigenvalue weighted by atomic mass is 15.2. The second-order valence-electron chi connectivity index (χ2n) is 5.24. The van der Waals surface area contributed by atoms with Gasteiger partial charge < -0.3 is 4.90 Å². The zero-order valence-electron chi connectivity index (χ0n) is 11.6. The highest BCUT2D eigenvalue weighted by molar-refractivity contribution is 5.57. The molecular weight excluding hydrogens is 208 g/mol. The largest absolute Gasteiger partial charge is 0.359 e. The minimum atomic E-state index is 1.13. The molecule has 0 radical (unpaired) electrons. The first-order valence-corrected chi connectivity index (χ1v) is 6.85. The molecule has 2 rings (SSSR count).